The van der Waals surface area contributed by atoms with Crippen molar-refractivity contribution in [3.05, 3.63) is 46.9 Å². The second-order valence-corrected chi connectivity index (χ2v) is 4.99. The molecule has 0 aliphatic heterocycles. The van der Waals surface area contributed by atoms with Crippen LogP contribution in [0.2, 0.25) is 0 Å². The standard InChI is InChI=1S/C13H10FN5OS/c14-10-2-1-3-11(6-10)15-12(20)7-19-17-13(16-18-19)9-4-5-21-8-9/h1-6,8H,7H2,(H,15,20). The van der Waals surface area contributed by atoms with E-state index >= 15 is 0 Å². The Balaban J connectivity index is 1.65. The Hall–Kier alpha value is -2.61. The molecular formula is C13H10FN5OS. The van der Waals surface area contributed by atoms with Crippen LogP contribution in [0.5, 0.6) is 0 Å². The molecule has 0 saturated carbocycles. The van der Waals surface area contributed by atoms with Gasteiger partial charge in [0.15, 0.2) is 0 Å². The van der Waals surface area contributed by atoms with E-state index in [-0.39, 0.29) is 12.5 Å². The van der Waals surface area contributed by atoms with Crippen molar-refractivity contribution in [3.63, 3.8) is 0 Å². The van der Waals surface area contributed by atoms with Crippen molar-refractivity contribution >= 4 is 22.9 Å². The van der Waals surface area contributed by atoms with Crippen molar-refractivity contribution in [3.8, 4) is 11.4 Å². The van der Waals surface area contributed by atoms with Crippen LogP contribution in [-0.4, -0.2) is 26.1 Å². The Morgan fingerprint density at radius 2 is 2.29 bits per heavy atom. The molecule has 0 aliphatic rings. The van der Waals surface area contributed by atoms with E-state index in [4.69, 9.17) is 0 Å². The van der Waals surface area contributed by atoms with Gasteiger partial charge in [0.05, 0.1) is 0 Å². The SMILES string of the molecule is O=C(Cn1nnc(-c2ccsc2)n1)Nc1cccc(F)c1. The van der Waals surface area contributed by atoms with Gasteiger partial charge in [-0.15, -0.1) is 10.2 Å². The lowest BCUT2D eigenvalue weighted by Crippen LogP contribution is -2.20. The lowest BCUT2D eigenvalue weighted by molar-refractivity contribution is -0.117. The van der Waals surface area contributed by atoms with Crippen molar-refractivity contribution in [2.24, 2.45) is 0 Å². The number of benzene rings is 1. The highest BCUT2D eigenvalue weighted by Crippen LogP contribution is 2.16. The summed E-state index contributed by atoms with van der Waals surface area (Å²) in [5.41, 5.74) is 1.25. The maximum absolute atomic E-state index is 13.0. The molecule has 3 aromatic rings. The lowest BCUT2D eigenvalue weighted by atomic mass is 10.3. The number of hydrogen-bond acceptors (Lipinski definition) is 5. The van der Waals surface area contributed by atoms with Crippen molar-refractivity contribution < 1.29 is 9.18 Å². The minimum Gasteiger partial charge on any atom is -0.324 e. The zero-order chi connectivity index (χ0) is 14.7. The van der Waals surface area contributed by atoms with Gasteiger partial charge >= 0.3 is 0 Å². The smallest absolute Gasteiger partial charge is 0.248 e. The maximum atomic E-state index is 13.0. The minimum absolute atomic E-state index is 0.0896. The zero-order valence-corrected chi connectivity index (χ0v) is 11.5. The van der Waals surface area contributed by atoms with E-state index in [9.17, 15) is 9.18 Å². The largest absolute Gasteiger partial charge is 0.324 e. The molecule has 3 rings (SSSR count). The van der Waals surface area contributed by atoms with Crippen LogP contribution in [0.15, 0.2) is 41.1 Å². The first-order valence-electron chi connectivity index (χ1n) is 6.06. The molecule has 106 valence electrons. The number of rotatable bonds is 4. The Bertz CT molecular complexity index is 756. The number of carbonyl (C=O) groups excluding carboxylic acids is 1. The van der Waals surface area contributed by atoms with E-state index in [0.29, 0.717) is 11.5 Å². The van der Waals surface area contributed by atoms with Gasteiger partial charge in [-0.1, -0.05) is 6.07 Å². The van der Waals surface area contributed by atoms with E-state index in [0.717, 1.165) is 5.56 Å². The predicted octanol–water partition coefficient (Wildman–Crippen LogP) is 2.18. The Morgan fingerprint density at radius 1 is 1.38 bits per heavy atom. The topological polar surface area (TPSA) is 72.7 Å². The van der Waals surface area contributed by atoms with E-state index in [1.54, 1.807) is 6.07 Å². The van der Waals surface area contributed by atoms with E-state index in [1.807, 2.05) is 16.8 Å². The fraction of sp³-hybridized carbons (Fsp3) is 0.0769. The van der Waals surface area contributed by atoms with Gasteiger partial charge in [0.1, 0.15) is 12.4 Å². The quantitative estimate of drug-likeness (QED) is 0.802. The molecule has 0 bridgehead atoms. The van der Waals surface area contributed by atoms with Crippen molar-refractivity contribution in [2.45, 2.75) is 6.54 Å². The van der Waals surface area contributed by atoms with Gasteiger partial charge in [0.2, 0.25) is 11.7 Å². The number of thiophene rings is 1. The molecule has 0 radical (unpaired) electrons. The lowest BCUT2D eigenvalue weighted by Gasteiger charge is -2.03. The molecule has 2 aromatic heterocycles. The van der Waals surface area contributed by atoms with Crippen molar-refractivity contribution in [1.82, 2.24) is 20.2 Å². The van der Waals surface area contributed by atoms with Crippen LogP contribution in [0.3, 0.4) is 0 Å². The summed E-state index contributed by atoms with van der Waals surface area (Å²) in [7, 11) is 0. The van der Waals surface area contributed by atoms with Gasteiger partial charge in [0.25, 0.3) is 0 Å². The average Bonchev–Trinajstić information content (AvgIpc) is 3.08. The molecule has 0 saturated heterocycles. The molecule has 1 N–H and O–H groups in total. The monoisotopic (exact) mass is 303 g/mol. The third-order valence-electron chi connectivity index (χ3n) is 2.63. The van der Waals surface area contributed by atoms with Gasteiger partial charge in [-0.05, 0) is 34.9 Å². The first-order chi connectivity index (χ1) is 10.2. The Morgan fingerprint density at radius 3 is 3.05 bits per heavy atom. The molecule has 0 atom stereocenters. The molecule has 21 heavy (non-hydrogen) atoms. The molecule has 0 unspecified atom stereocenters. The molecular weight excluding hydrogens is 293 g/mol. The van der Waals surface area contributed by atoms with Gasteiger partial charge in [0, 0.05) is 16.6 Å². The number of amides is 1. The van der Waals surface area contributed by atoms with Crippen LogP contribution in [0.25, 0.3) is 11.4 Å². The van der Waals surface area contributed by atoms with Crippen molar-refractivity contribution in [2.75, 3.05) is 5.32 Å². The summed E-state index contributed by atoms with van der Waals surface area (Å²) in [6, 6.07) is 7.55. The van der Waals surface area contributed by atoms with Gasteiger partial charge in [-0.3, -0.25) is 4.79 Å². The number of nitrogens with zero attached hydrogens (tertiary/aromatic N) is 4. The Labute approximate surface area is 123 Å². The van der Waals surface area contributed by atoms with Crippen LogP contribution in [-0.2, 0) is 11.3 Å². The molecule has 1 aromatic carbocycles. The summed E-state index contributed by atoms with van der Waals surface area (Å²) in [5, 5.41) is 18.2. The number of halogens is 1. The highest BCUT2D eigenvalue weighted by Gasteiger charge is 2.10. The first-order valence-corrected chi connectivity index (χ1v) is 7.01. The zero-order valence-electron chi connectivity index (χ0n) is 10.7. The van der Waals surface area contributed by atoms with E-state index < -0.39 is 5.82 Å². The maximum Gasteiger partial charge on any atom is 0.248 e. The Kier molecular flexibility index (Phi) is 3.69. The molecule has 1 amide bonds. The fourth-order valence-corrected chi connectivity index (χ4v) is 2.35. The molecule has 0 aliphatic carbocycles. The highest BCUT2D eigenvalue weighted by atomic mass is 32.1. The van der Waals surface area contributed by atoms with Crippen LogP contribution in [0, 0.1) is 5.82 Å². The third kappa shape index (κ3) is 3.29. The number of nitrogens with one attached hydrogen (secondary N) is 1. The van der Waals surface area contributed by atoms with Crippen LogP contribution >= 0.6 is 11.3 Å². The number of aromatic nitrogens is 4. The summed E-state index contributed by atoms with van der Waals surface area (Å²) in [4.78, 5) is 13.0. The summed E-state index contributed by atoms with van der Waals surface area (Å²) in [5.74, 6) is -0.295. The van der Waals surface area contributed by atoms with Crippen LogP contribution in [0.1, 0.15) is 0 Å². The van der Waals surface area contributed by atoms with E-state index in [1.165, 1.54) is 34.3 Å². The van der Waals surface area contributed by atoms with Crippen LogP contribution in [0.4, 0.5) is 10.1 Å². The molecule has 0 fully saturated rings. The summed E-state index contributed by atoms with van der Waals surface area (Å²) < 4.78 is 13.0. The average molecular weight is 303 g/mol. The van der Waals surface area contributed by atoms with Crippen LogP contribution < -0.4 is 5.32 Å². The fourth-order valence-electron chi connectivity index (χ4n) is 1.71. The number of hydrogen-bond donors (Lipinski definition) is 1. The number of carbonyl (C=O) groups is 1. The predicted molar refractivity (Wildman–Crippen MR) is 76.2 cm³/mol. The van der Waals surface area contributed by atoms with E-state index in [2.05, 4.69) is 20.7 Å². The normalized spacial score (nSPS) is 10.5. The summed E-state index contributed by atoms with van der Waals surface area (Å²) in [6.45, 7) is -0.0896. The van der Waals surface area contributed by atoms with Crippen molar-refractivity contribution in [1.29, 1.82) is 0 Å². The number of anilines is 1. The second-order valence-electron chi connectivity index (χ2n) is 4.21. The first kappa shape index (κ1) is 13.4. The minimum atomic E-state index is -0.411. The molecule has 8 heteroatoms. The molecule has 0 spiro atoms. The van der Waals surface area contributed by atoms with Gasteiger partial charge in [-0.2, -0.15) is 16.1 Å². The third-order valence-corrected chi connectivity index (χ3v) is 3.31. The molecule has 6 nitrogen and oxygen atoms in total. The molecule has 2 heterocycles. The van der Waals surface area contributed by atoms with Gasteiger partial charge in [-0.25, -0.2) is 4.39 Å². The van der Waals surface area contributed by atoms with Gasteiger partial charge < -0.3 is 5.32 Å². The highest BCUT2D eigenvalue weighted by molar-refractivity contribution is 7.08. The number of tetrazole rings is 1. The summed E-state index contributed by atoms with van der Waals surface area (Å²) in [6.07, 6.45) is 0. The summed E-state index contributed by atoms with van der Waals surface area (Å²) >= 11 is 1.53. The second kappa shape index (κ2) is 5.80.